The third-order valence-electron chi connectivity index (χ3n) is 5.14. The molecule has 3 aromatic rings. The van der Waals surface area contributed by atoms with Gasteiger partial charge in [-0.25, -0.2) is 0 Å². The quantitative estimate of drug-likeness (QED) is 0.656. The second-order valence-corrected chi connectivity index (χ2v) is 8.21. The van der Waals surface area contributed by atoms with Gasteiger partial charge in [0.05, 0.1) is 5.69 Å². The molecule has 4 heteroatoms. The van der Waals surface area contributed by atoms with Gasteiger partial charge in [0.15, 0.2) is 6.54 Å². The predicted molar refractivity (Wildman–Crippen MR) is 115 cm³/mol. The van der Waals surface area contributed by atoms with Crippen molar-refractivity contribution in [1.29, 1.82) is 0 Å². The number of nitrogens with one attached hydrogen (secondary N) is 1. The summed E-state index contributed by atoms with van der Waals surface area (Å²) in [5.41, 5.74) is 3.69. The number of fused-ring (bicyclic) bond motifs is 1. The van der Waals surface area contributed by atoms with Gasteiger partial charge < -0.3 is 10.6 Å². The molecule has 1 amide bonds. The average Bonchev–Trinajstić information content (AvgIpc) is 2.74. The summed E-state index contributed by atoms with van der Waals surface area (Å²) in [6.45, 7) is 0.434. The zero-order chi connectivity index (χ0) is 19.2. The van der Waals surface area contributed by atoms with Gasteiger partial charge in [-0.2, -0.15) is 0 Å². The van der Waals surface area contributed by atoms with Crippen LogP contribution in [0.1, 0.15) is 30.0 Å². The molecular weight excluding hydrogens is 364 g/mol. The topological polar surface area (TPSA) is 45.7 Å². The Hall–Kier alpha value is -2.56. The fraction of sp³-hybridized carbons (Fsp3) is 0.208. The van der Waals surface area contributed by atoms with Gasteiger partial charge in [-0.05, 0) is 42.7 Å². The molecule has 142 valence electrons. The summed E-state index contributed by atoms with van der Waals surface area (Å²) in [6.07, 6.45) is 3.47. The van der Waals surface area contributed by atoms with Gasteiger partial charge in [0, 0.05) is 21.8 Å². The molecule has 3 N–H and O–H groups in total. The van der Waals surface area contributed by atoms with Crippen molar-refractivity contribution in [2.45, 2.75) is 35.1 Å². The monoisotopic (exact) mass is 389 g/mol. The first-order chi connectivity index (χ1) is 13.8. The summed E-state index contributed by atoms with van der Waals surface area (Å²) in [7, 11) is 0. The summed E-state index contributed by atoms with van der Waals surface area (Å²) in [5, 5.41) is 5.28. The van der Waals surface area contributed by atoms with E-state index in [0.29, 0.717) is 12.6 Å². The Kier molecular flexibility index (Phi) is 6.10. The lowest BCUT2D eigenvalue weighted by molar-refractivity contribution is -0.687. The van der Waals surface area contributed by atoms with Crippen LogP contribution in [0.25, 0.3) is 0 Å². The molecule has 28 heavy (non-hydrogen) atoms. The van der Waals surface area contributed by atoms with Crippen LogP contribution in [0.3, 0.4) is 0 Å². The van der Waals surface area contributed by atoms with Crippen LogP contribution in [0.2, 0.25) is 0 Å². The summed E-state index contributed by atoms with van der Waals surface area (Å²) < 4.78 is 0. The van der Waals surface area contributed by atoms with E-state index in [4.69, 9.17) is 0 Å². The summed E-state index contributed by atoms with van der Waals surface area (Å²) >= 11 is 1.67. The Labute approximate surface area is 170 Å². The number of carbonyl (C=O) groups is 1. The molecule has 0 bridgehead atoms. The van der Waals surface area contributed by atoms with E-state index in [1.807, 2.05) is 42.5 Å². The van der Waals surface area contributed by atoms with E-state index in [9.17, 15) is 4.79 Å². The number of benzene rings is 3. The number of hydrogen-bond donors (Lipinski definition) is 2. The van der Waals surface area contributed by atoms with E-state index in [1.54, 1.807) is 11.8 Å². The maximum atomic E-state index is 12.6. The lowest BCUT2D eigenvalue weighted by Crippen LogP contribution is -2.87. The Morgan fingerprint density at radius 1 is 0.964 bits per heavy atom. The molecule has 1 atom stereocenters. The number of nitrogens with two attached hydrogens (primary N) is 1. The van der Waals surface area contributed by atoms with Crippen LogP contribution in [-0.2, 0) is 11.2 Å². The van der Waals surface area contributed by atoms with Crippen LogP contribution < -0.4 is 10.6 Å². The second kappa shape index (κ2) is 9.09. The van der Waals surface area contributed by atoms with E-state index in [2.05, 4.69) is 47.0 Å². The molecule has 0 aromatic heterocycles. The van der Waals surface area contributed by atoms with Gasteiger partial charge >= 0.3 is 0 Å². The molecular formula is C24H25N2OS+. The first-order valence-corrected chi connectivity index (χ1v) is 10.6. The fourth-order valence-electron chi connectivity index (χ4n) is 3.76. The van der Waals surface area contributed by atoms with Crippen molar-refractivity contribution >= 4 is 23.4 Å². The number of carbonyl (C=O) groups excluding carboxylic acids is 1. The molecule has 3 nitrogen and oxygen atoms in total. The fourth-order valence-corrected chi connectivity index (χ4v) is 4.68. The highest BCUT2D eigenvalue weighted by Crippen LogP contribution is 2.33. The maximum absolute atomic E-state index is 12.6. The van der Waals surface area contributed by atoms with Crippen molar-refractivity contribution < 1.29 is 10.1 Å². The van der Waals surface area contributed by atoms with Gasteiger partial charge in [0.1, 0.15) is 6.04 Å². The van der Waals surface area contributed by atoms with Crippen molar-refractivity contribution in [3.63, 3.8) is 0 Å². The molecule has 0 aliphatic heterocycles. The predicted octanol–water partition coefficient (Wildman–Crippen LogP) is 4.42. The highest BCUT2D eigenvalue weighted by Gasteiger charge is 2.23. The van der Waals surface area contributed by atoms with E-state index < -0.39 is 0 Å². The summed E-state index contributed by atoms with van der Waals surface area (Å²) in [4.78, 5) is 14.8. The Balaban J connectivity index is 1.39. The van der Waals surface area contributed by atoms with E-state index in [1.165, 1.54) is 17.5 Å². The summed E-state index contributed by atoms with van der Waals surface area (Å²) in [6, 6.07) is 27.2. The molecule has 1 aliphatic carbocycles. The van der Waals surface area contributed by atoms with Crippen molar-refractivity contribution in [2.24, 2.45) is 0 Å². The molecule has 0 saturated carbocycles. The lowest BCUT2D eigenvalue weighted by atomic mass is 9.88. The SMILES string of the molecule is O=C(C[NH2+][C@H]1CCCc2ccccc21)Nc1ccccc1Sc1ccccc1. The number of amides is 1. The van der Waals surface area contributed by atoms with Gasteiger partial charge in [-0.3, -0.25) is 4.79 Å². The minimum absolute atomic E-state index is 0.0455. The summed E-state index contributed by atoms with van der Waals surface area (Å²) in [5.74, 6) is 0.0455. The zero-order valence-electron chi connectivity index (χ0n) is 15.8. The highest BCUT2D eigenvalue weighted by atomic mass is 32.2. The third-order valence-corrected chi connectivity index (χ3v) is 6.22. The van der Waals surface area contributed by atoms with Crippen molar-refractivity contribution in [2.75, 3.05) is 11.9 Å². The van der Waals surface area contributed by atoms with E-state index >= 15 is 0 Å². The molecule has 0 saturated heterocycles. The lowest BCUT2D eigenvalue weighted by Gasteiger charge is -2.23. The zero-order valence-corrected chi connectivity index (χ0v) is 16.6. The van der Waals surface area contributed by atoms with Gasteiger partial charge in [0.2, 0.25) is 0 Å². The standard InChI is InChI=1S/C24H24N2OS/c27-24(17-25-21-15-8-10-18-9-4-5-13-20(18)21)26-22-14-6-7-16-23(22)28-19-11-2-1-3-12-19/h1-7,9,11-14,16,21,25H,8,10,15,17H2,(H,26,27)/p+1/t21-/m0/s1. The van der Waals surface area contributed by atoms with Gasteiger partial charge in [-0.15, -0.1) is 0 Å². The largest absolute Gasteiger partial charge is 0.332 e. The van der Waals surface area contributed by atoms with Crippen molar-refractivity contribution in [3.05, 3.63) is 90.0 Å². The molecule has 0 unspecified atom stereocenters. The number of anilines is 1. The Morgan fingerprint density at radius 2 is 1.71 bits per heavy atom. The minimum atomic E-state index is 0.0455. The highest BCUT2D eigenvalue weighted by molar-refractivity contribution is 7.99. The van der Waals surface area contributed by atoms with Crippen molar-refractivity contribution in [1.82, 2.24) is 0 Å². The normalized spacial score (nSPS) is 15.6. The van der Waals surface area contributed by atoms with Crippen LogP contribution in [0.5, 0.6) is 0 Å². The first kappa shape index (κ1) is 18.8. The second-order valence-electron chi connectivity index (χ2n) is 7.10. The minimum Gasteiger partial charge on any atom is -0.332 e. The van der Waals surface area contributed by atoms with Gasteiger partial charge in [0.25, 0.3) is 5.91 Å². The molecule has 0 fully saturated rings. The molecule has 3 aromatic carbocycles. The van der Waals surface area contributed by atoms with Crippen LogP contribution in [0, 0.1) is 0 Å². The van der Waals surface area contributed by atoms with Crippen LogP contribution in [0.15, 0.2) is 88.7 Å². The third kappa shape index (κ3) is 4.64. The number of hydrogen-bond acceptors (Lipinski definition) is 2. The van der Waals surface area contributed by atoms with Crippen molar-refractivity contribution in [3.8, 4) is 0 Å². The Morgan fingerprint density at radius 3 is 2.61 bits per heavy atom. The number of para-hydroxylation sites is 1. The smallest absolute Gasteiger partial charge is 0.279 e. The molecule has 1 aliphatic rings. The number of aryl methyl sites for hydroxylation is 1. The van der Waals surface area contributed by atoms with Crippen LogP contribution in [0.4, 0.5) is 5.69 Å². The van der Waals surface area contributed by atoms with Gasteiger partial charge in [-0.1, -0.05) is 66.4 Å². The van der Waals surface area contributed by atoms with Crippen LogP contribution >= 0.6 is 11.8 Å². The average molecular weight is 390 g/mol. The maximum Gasteiger partial charge on any atom is 0.279 e. The molecule has 0 heterocycles. The molecule has 0 radical (unpaired) electrons. The van der Waals surface area contributed by atoms with E-state index in [0.717, 1.165) is 28.3 Å². The molecule has 0 spiro atoms. The van der Waals surface area contributed by atoms with E-state index in [-0.39, 0.29) is 5.91 Å². The molecule has 4 rings (SSSR count). The number of rotatable bonds is 6. The van der Waals surface area contributed by atoms with Crippen LogP contribution in [-0.4, -0.2) is 12.5 Å². The number of quaternary nitrogens is 1. The Bertz CT molecular complexity index is 942. The first-order valence-electron chi connectivity index (χ1n) is 9.82.